The molecule has 196 valence electrons. The van der Waals surface area contributed by atoms with Gasteiger partial charge >= 0.3 is 0 Å². The van der Waals surface area contributed by atoms with Gasteiger partial charge in [0.2, 0.25) is 15.9 Å². The van der Waals surface area contributed by atoms with Crippen LogP contribution in [0.5, 0.6) is 5.75 Å². The number of carbonyl (C=O) groups excluding carboxylic acids is 1. The second-order valence-electron chi connectivity index (χ2n) is 10.2. The van der Waals surface area contributed by atoms with Crippen LogP contribution in [-0.2, 0) is 21.2 Å². The number of sulfonamides is 1. The second kappa shape index (κ2) is 11.6. The molecule has 4 rings (SSSR count). The molecule has 8 heteroatoms. The summed E-state index contributed by atoms with van der Waals surface area (Å²) in [5.74, 6) is 1.24. The van der Waals surface area contributed by atoms with E-state index in [-0.39, 0.29) is 23.3 Å². The predicted octanol–water partition coefficient (Wildman–Crippen LogP) is 4.53. The van der Waals surface area contributed by atoms with Gasteiger partial charge in [-0.05, 0) is 86.4 Å². The summed E-state index contributed by atoms with van der Waals surface area (Å²) in [6.45, 7) is 7.59. The van der Waals surface area contributed by atoms with Crippen LogP contribution in [0.4, 0.5) is 5.69 Å². The van der Waals surface area contributed by atoms with E-state index < -0.39 is 10.0 Å². The number of nitrogens with one attached hydrogen (secondary N) is 1. The van der Waals surface area contributed by atoms with Crippen molar-refractivity contribution in [1.29, 1.82) is 0 Å². The fourth-order valence-electron chi connectivity index (χ4n) is 5.23. The summed E-state index contributed by atoms with van der Waals surface area (Å²) in [5.41, 5.74) is 3.02. The van der Waals surface area contributed by atoms with Gasteiger partial charge in [-0.2, -0.15) is 4.31 Å². The minimum atomic E-state index is -3.52. The smallest absolute Gasteiger partial charge is 0.243 e. The average molecular weight is 514 g/mol. The fraction of sp³-hybridized carbons (Fsp3) is 0.536. The molecule has 2 saturated heterocycles. The van der Waals surface area contributed by atoms with Crippen molar-refractivity contribution in [3.05, 3.63) is 53.6 Å². The van der Waals surface area contributed by atoms with Crippen LogP contribution in [0.15, 0.2) is 47.4 Å². The van der Waals surface area contributed by atoms with Crippen molar-refractivity contribution < 1.29 is 17.9 Å². The first-order valence-corrected chi connectivity index (χ1v) is 14.5. The van der Waals surface area contributed by atoms with Gasteiger partial charge in [0.1, 0.15) is 5.75 Å². The summed E-state index contributed by atoms with van der Waals surface area (Å²) in [6, 6.07) is 13.3. The Morgan fingerprint density at radius 3 is 2.47 bits per heavy atom. The molecule has 2 aliphatic rings. The summed E-state index contributed by atoms with van der Waals surface area (Å²) < 4.78 is 32.9. The van der Waals surface area contributed by atoms with E-state index in [1.165, 1.54) is 22.8 Å². The third-order valence-electron chi connectivity index (χ3n) is 7.37. The van der Waals surface area contributed by atoms with E-state index in [4.69, 9.17) is 4.74 Å². The molecule has 0 saturated carbocycles. The molecular formula is C28H39N3O4S. The highest BCUT2D eigenvalue weighted by Gasteiger charge is 2.28. The zero-order chi connectivity index (χ0) is 25.7. The Morgan fingerprint density at radius 2 is 1.81 bits per heavy atom. The van der Waals surface area contributed by atoms with Crippen LogP contribution in [0.25, 0.3) is 0 Å². The van der Waals surface area contributed by atoms with Crippen LogP contribution in [-0.4, -0.2) is 51.9 Å². The quantitative estimate of drug-likeness (QED) is 0.533. The summed E-state index contributed by atoms with van der Waals surface area (Å²) in [5, 5.41) is 3.08. The molecule has 0 aliphatic carbocycles. The molecule has 0 bridgehead atoms. The third-order valence-corrected chi connectivity index (χ3v) is 9.26. The molecule has 2 unspecified atom stereocenters. The Balaban J connectivity index is 1.36. The summed E-state index contributed by atoms with van der Waals surface area (Å²) in [6.07, 6.45) is 4.95. The fourth-order valence-corrected chi connectivity index (χ4v) is 6.80. The van der Waals surface area contributed by atoms with Gasteiger partial charge in [-0.25, -0.2) is 8.42 Å². The predicted molar refractivity (Wildman–Crippen MR) is 143 cm³/mol. The van der Waals surface area contributed by atoms with E-state index in [1.54, 1.807) is 25.3 Å². The maximum absolute atomic E-state index is 13.0. The van der Waals surface area contributed by atoms with Crippen molar-refractivity contribution in [3.8, 4) is 5.75 Å². The number of carbonyl (C=O) groups is 1. The Labute approximate surface area is 215 Å². The van der Waals surface area contributed by atoms with Gasteiger partial charge in [0.25, 0.3) is 0 Å². The van der Waals surface area contributed by atoms with Crippen molar-refractivity contribution in [2.24, 2.45) is 5.92 Å². The van der Waals surface area contributed by atoms with E-state index in [2.05, 4.69) is 41.4 Å². The number of hydrogen-bond acceptors (Lipinski definition) is 5. The number of ether oxygens (including phenoxy) is 1. The van der Waals surface area contributed by atoms with Gasteiger partial charge in [0, 0.05) is 38.3 Å². The topological polar surface area (TPSA) is 79.0 Å². The number of anilines is 1. The van der Waals surface area contributed by atoms with Gasteiger partial charge in [-0.15, -0.1) is 0 Å². The van der Waals surface area contributed by atoms with E-state index in [0.29, 0.717) is 25.3 Å². The van der Waals surface area contributed by atoms with Crippen LogP contribution < -0.4 is 15.0 Å². The SMILES string of the molecule is COc1ccc(S(=O)(=O)N2CCCC2)cc1CCC(=O)NC(C)c1ccc(N2CCCC(C)C2)cc1. The standard InChI is InChI=1S/C28H39N3O4S/c1-21-7-6-16-30(20-21)25-11-8-23(9-12-25)22(2)29-28(32)15-10-24-19-26(13-14-27(24)35-3)36(33,34)31-17-4-5-18-31/h8-9,11-14,19,21-22H,4-7,10,15-18,20H2,1-3H3,(H,29,32). The molecule has 2 atom stereocenters. The monoisotopic (exact) mass is 513 g/mol. The van der Waals surface area contributed by atoms with Crippen LogP contribution >= 0.6 is 0 Å². The molecule has 0 spiro atoms. The number of benzene rings is 2. The molecule has 2 aromatic carbocycles. The first kappa shape index (κ1) is 26.5. The Kier molecular flexibility index (Phi) is 8.57. The van der Waals surface area contributed by atoms with E-state index >= 15 is 0 Å². The Hall–Kier alpha value is -2.58. The molecule has 2 heterocycles. The summed E-state index contributed by atoms with van der Waals surface area (Å²) >= 11 is 0. The van der Waals surface area contributed by atoms with Gasteiger partial charge in [-0.1, -0.05) is 19.1 Å². The molecular weight excluding hydrogens is 474 g/mol. The largest absolute Gasteiger partial charge is 0.496 e. The Bertz CT molecular complexity index is 1140. The van der Waals surface area contributed by atoms with Crippen LogP contribution in [0.1, 0.15) is 63.1 Å². The maximum Gasteiger partial charge on any atom is 0.243 e. The van der Waals surface area contributed by atoms with Crippen molar-refractivity contribution >= 4 is 21.6 Å². The van der Waals surface area contributed by atoms with Gasteiger partial charge in [0.15, 0.2) is 0 Å². The highest BCUT2D eigenvalue weighted by molar-refractivity contribution is 7.89. The molecule has 2 fully saturated rings. The first-order valence-electron chi connectivity index (χ1n) is 13.1. The van der Waals surface area contributed by atoms with Crippen molar-refractivity contribution in [3.63, 3.8) is 0 Å². The van der Waals surface area contributed by atoms with Gasteiger partial charge in [-0.3, -0.25) is 4.79 Å². The minimum Gasteiger partial charge on any atom is -0.496 e. The summed E-state index contributed by atoms with van der Waals surface area (Å²) in [4.78, 5) is 15.5. The van der Waals surface area contributed by atoms with E-state index in [0.717, 1.165) is 43.0 Å². The lowest BCUT2D eigenvalue weighted by Gasteiger charge is -2.33. The number of rotatable bonds is 9. The third kappa shape index (κ3) is 6.21. The number of methoxy groups -OCH3 is 1. The molecule has 2 aliphatic heterocycles. The lowest BCUT2D eigenvalue weighted by atomic mass is 9.99. The molecule has 0 radical (unpaired) electrons. The molecule has 0 aromatic heterocycles. The van der Waals surface area contributed by atoms with Gasteiger partial charge < -0.3 is 15.0 Å². The number of nitrogens with zero attached hydrogens (tertiary/aromatic N) is 2. The second-order valence-corrected chi connectivity index (χ2v) is 12.1. The average Bonchev–Trinajstić information content (AvgIpc) is 3.43. The number of amides is 1. The zero-order valence-corrected chi connectivity index (χ0v) is 22.5. The highest BCUT2D eigenvalue weighted by Crippen LogP contribution is 2.28. The number of hydrogen-bond donors (Lipinski definition) is 1. The van der Waals surface area contributed by atoms with Gasteiger partial charge in [0.05, 0.1) is 18.0 Å². The lowest BCUT2D eigenvalue weighted by Crippen LogP contribution is -2.34. The van der Waals surface area contributed by atoms with E-state index in [9.17, 15) is 13.2 Å². The summed E-state index contributed by atoms with van der Waals surface area (Å²) in [7, 11) is -1.96. The van der Waals surface area contributed by atoms with Crippen molar-refractivity contribution in [2.75, 3.05) is 38.2 Å². The molecule has 1 amide bonds. The van der Waals surface area contributed by atoms with Crippen molar-refractivity contribution in [2.45, 2.75) is 63.3 Å². The normalized spacial score (nSPS) is 19.8. The maximum atomic E-state index is 13.0. The molecule has 36 heavy (non-hydrogen) atoms. The number of piperidine rings is 1. The van der Waals surface area contributed by atoms with E-state index in [1.807, 2.05) is 6.92 Å². The van der Waals surface area contributed by atoms with Crippen LogP contribution in [0.3, 0.4) is 0 Å². The Morgan fingerprint density at radius 1 is 1.08 bits per heavy atom. The zero-order valence-electron chi connectivity index (χ0n) is 21.7. The molecule has 7 nitrogen and oxygen atoms in total. The lowest BCUT2D eigenvalue weighted by molar-refractivity contribution is -0.121. The first-order chi connectivity index (χ1) is 17.3. The molecule has 2 aromatic rings. The van der Waals surface area contributed by atoms with Crippen LogP contribution in [0.2, 0.25) is 0 Å². The highest BCUT2D eigenvalue weighted by atomic mass is 32.2. The number of aryl methyl sites for hydroxylation is 1. The van der Waals surface area contributed by atoms with Crippen molar-refractivity contribution in [1.82, 2.24) is 9.62 Å². The van der Waals surface area contributed by atoms with Crippen LogP contribution in [0, 0.1) is 5.92 Å². The minimum absolute atomic E-state index is 0.0775. The molecule has 1 N–H and O–H groups in total.